The minimum Gasteiger partial charge on any atom is -0.241 e. The van der Waals surface area contributed by atoms with Gasteiger partial charge in [-0.3, -0.25) is 0 Å². The van der Waals surface area contributed by atoms with E-state index in [4.69, 9.17) is 0 Å². The van der Waals surface area contributed by atoms with Crippen molar-refractivity contribution in [3.63, 3.8) is 0 Å². The van der Waals surface area contributed by atoms with Crippen LogP contribution in [0.15, 0.2) is 18.5 Å². The second kappa shape index (κ2) is 4.27. The highest BCUT2D eigenvalue weighted by Gasteiger charge is 1.83. The van der Waals surface area contributed by atoms with Crippen molar-refractivity contribution < 1.29 is 0 Å². The van der Waals surface area contributed by atoms with Crippen LogP contribution in [0.5, 0.6) is 0 Å². The Balaban J connectivity index is 0.000000640. The average molecular weight is 145 g/mol. The van der Waals surface area contributed by atoms with Gasteiger partial charge in [0, 0.05) is 18.8 Å². The van der Waals surface area contributed by atoms with Gasteiger partial charge in [-0.2, -0.15) is 0 Å². The predicted molar refractivity (Wildman–Crippen MR) is 38.7 cm³/mol. The first-order valence-corrected chi connectivity index (χ1v) is 2.69. The molecule has 1 heterocycles. The van der Waals surface area contributed by atoms with Gasteiger partial charge in [-0.05, 0) is 6.07 Å². The van der Waals surface area contributed by atoms with Crippen molar-refractivity contribution in [2.45, 2.75) is 13.3 Å². The van der Waals surface area contributed by atoms with E-state index in [1.54, 1.807) is 12.4 Å². The molecule has 0 spiro atoms. The maximum absolute atomic E-state index is 3.99. The standard InChI is InChI=1S/C6H8N2.ClH/c1-2-6-7-4-3-5-8-6;/h3-5H,2H2,1H3;1H. The molecule has 0 aliphatic carbocycles. The van der Waals surface area contributed by atoms with Gasteiger partial charge in [-0.15, -0.1) is 12.4 Å². The highest BCUT2D eigenvalue weighted by Crippen LogP contribution is 1.85. The third kappa shape index (κ3) is 2.42. The Morgan fingerprint density at radius 1 is 1.33 bits per heavy atom. The highest BCUT2D eigenvalue weighted by atomic mass is 35.5. The van der Waals surface area contributed by atoms with Crippen LogP contribution in [0.4, 0.5) is 0 Å². The van der Waals surface area contributed by atoms with E-state index in [0.717, 1.165) is 12.2 Å². The summed E-state index contributed by atoms with van der Waals surface area (Å²) in [5.41, 5.74) is 0. The van der Waals surface area contributed by atoms with Crippen LogP contribution < -0.4 is 0 Å². The second-order valence-electron chi connectivity index (χ2n) is 1.52. The Morgan fingerprint density at radius 2 is 1.89 bits per heavy atom. The largest absolute Gasteiger partial charge is 0.241 e. The van der Waals surface area contributed by atoms with E-state index in [1.807, 2.05) is 13.0 Å². The minimum absolute atomic E-state index is 0. The zero-order valence-electron chi connectivity index (χ0n) is 5.24. The maximum Gasteiger partial charge on any atom is 0.127 e. The van der Waals surface area contributed by atoms with Crippen LogP contribution in [0.2, 0.25) is 0 Å². The van der Waals surface area contributed by atoms with Gasteiger partial charge in [0.2, 0.25) is 0 Å². The van der Waals surface area contributed by atoms with Crippen LogP contribution in [0, 0.1) is 0 Å². The molecule has 0 aliphatic rings. The Kier molecular flexibility index (Phi) is 3.97. The number of nitrogens with zero attached hydrogens (tertiary/aromatic N) is 2. The zero-order chi connectivity index (χ0) is 5.82. The Morgan fingerprint density at radius 3 is 2.22 bits per heavy atom. The minimum atomic E-state index is 0. The normalized spacial score (nSPS) is 8.11. The van der Waals surface area contributed by atoms with E-state index in [1.165, 1.54) is 0 Å². The lowest BCUT2D eigenvalue weighted by Gasteiger charge is -1.87. The third-order valence-corrected chi connectivity index (χ3v) is 0.935. The molecule has 0 radical (unpaired) electrons. The summed E-state index contributed by atoms with van der Waals surface area (Å²) in [6.45, 7) is 2.04. The molecule has 2 nitrogen and oxygen atoms in total. The van der Waals surface area contributed by atoms with Crippen molar-refractivity contribution >= 4 is 12.4 Å². The molecule has 0 unspecified atom stereocenters. The Labute approximate surface area is 60.8 Å². The molecule has 0 N–H and O–H groups in total. The van der Waals surface area contributed by atoms with E-state index in [0.29, 0.717) is 0 Å². The molecule has 0 atom stereocenters. The summed E-state index contributed by atoms with van der Waals surface area (Å²) in [6, 6.07) is 1.82. The topological polar surface area (TPSA) is 25.8 Å². The molecule has 50 valence electrons. The van der Waals surface area contributed by atoms with Crippen LogP contribution >= 0.6 is 12.4 Å². The molecule has 0 aliphatic heterocycles. The van der Waals surface area contributed by atoms with E-state index in [-0.39, 0.29) is 12.4 Å². The van der Waals surface area contributed by atoms with Crippen molar-refractivity contribution in [3.8, 4) is 0 Å². The molecule has 9 heavy (non-hydrogen) atoms. The van der Waals surface area contributed by atoms with E-state index in [2.05, 4.69) is 9.97 Å². The number of halogens is 1. The Hall–Kier alpha value is -0.630. The first kappa shape index (κ1) is 8.37. The molecule has 0 bridgehead atoms. The zero-order valence-corrected chi connectivity index (χ0v) is 6.06. The average Bonchev–Trinajstić information content (AvgIpc) is 1.90. The van der Waals surface area contributed by atoms with E-state index in [9.17, 15) is 0 Å². The molecule has 0 fully saturated rings. The molecule has 1 aromatic rings. The van der Waals surface area contributed by atoms with Crippen LogP contribution in [0.25, 0.3) is 0 Å². The first-order chi connectivity index (χ1) is 3.93. The molecular weight excluding hydrogens is 136 g/mol. The van der Waals surface area contributed by atoms with Crippen molar-refractivity contribution in [2.75, 3.05) is 0 Å². The first-order valence-electron chi connectivity index (χ1n) is 2.69. The maximum atomic E-state index is 3.99. The van der Waals surface area contributed by atoms with Crippen molar-refractivity contribution in [1.82, 2.24) is 9.97 Å². The van der Waals surface area contributed by atoms with Crippen LogP contribution in [0.1, 0.15) is 12.7 Å². The fourth-order valence-corrected chi connectivity index (χ4v) is 0.513. The van der Waals surface area contributed by atoms with Crippen LogP contribution in [0.3, 0.4) is 0 Å². The van der Waals surface area contributed by atoms with Crippen LogP contribution in [-0.2, 0) is 6.42 Å². The Bertz CT molecular complexity index is 152. The summed E-state index contributed by atoms with van der Waals surface area (Å²) in [6.07, 6.45) is 4.43. The highest BCUT2D eigenvalue weighted by molar-refractivity contribution is 5.85. The van der Waals surface area contributed by atoms with Crippen molar-refractivity contribution in [1.29, 1.82) is 0 Å². The quantitative estimate of drug-likeness (QED) is 0.597. The van der Waals surface area contributed by atoms with Gasteiger partial charge in [0.15, 0.2) is 0 Å². The predicted octanol–water partition coefficient (Wildman–Crippen LogP) is 1.46. The summed E-state index contributed by atoms with van der Waals surface area (Å²) >= 11 is 0. The lowest BCUT2D eigenvalue weighted by atomic mass is 10.4. The monoisotopic (exact) mass is 144 g/mol. The molecule has 1 aromatic heterocycles. The SMILES string of the molecule is CCc1ncccn1.Cl. The fourth-order valence-electron chi connectivity index (χ4n) is 0.513. The third-order valence-electron chi connectivity index (χ3n) is 0.935. The number of hydrogen-bond donors (Lipinski definition) is 0. The molecule has 1 rings (SSSR count). The number of aromatic nitrogens is 2. The van der Waals surface area contributed by atoms with Crippen molar-refractivity contribution in [3.05, 3.63) is 24.3 Å². The summed E-state index contributed by atoms with van der Waals surface area (Å²) < 4.78 is 0. The van der Waals surface area contributed by atoms with Gasteiger partial charge in [0.05, 0.1) is 0 Å². The molecule has 0 saturated heterocycles. The van der Waals surface area contributed by atoms with Crippen molar-refractivity contribution in [2.24, 2.45) is 0 Å². The summed E-state index contributed by atoms with van der Waals surface area (Å²) in [7, 11) is 0. The van der Waals surface area contributed by atoms with Crippen LogP contribution in [-0.4, -0.2) is 9.97 Å². The lowest BCUT2D eigenvalue weighted by Crippen LogP contribution is -1.87. The second-order valence-corrected chi connectivity index (χ2v) is 1.52. The van der Waals surface area contributed by atoms with E-state index >= 15 is 0 Å². The number of hydrogen-bond acceptors (Lipinski definition) is 2. The summed E-state index contributed by atoms with van der Waals surface area (Å²) in [5, 5.41) is 0. The van der Waals surface area contributed by atoms with Gasteiger partial charge in [-0.25, -0.2) is 9.97 Å². The van der Waals surface area contributed by atoms with Gasteiger partial charge in [0.1, 0.15) is 5.82 Å². The molecule has 0 amide bonds. The smallest absolute Gasteiger partial charge is 0.127 e. The van der Waals surface area contributed by atoms with E-state index < -0.39 is 0 Å². The lowest BCUT2D eigenvalue weighted by molar-refractivity contribution is 0.939. The summed E-state index contributed by atoms with van der Waals surface area (Å²) in [4.78, 5) is 7.97. The van der Waals surface area contributed by atoms with Gasteiger partial charge < -0.3 is 0 Å². The molecule has 3 heteroatoms. The van der Waals surface area contributed by atoms with Gasteiger partial charge in [0.25, 0.3) is 0 Å². The summed E-state index contributed by atoms with van der Waals surface area (Å²) in [5.74, 6) is 0.910. The molecule has 0 aromatic carbocycles. The molecular formula is C6H9ClN2. The molecule has 0 saturated carbocycles. The number of aryl methyl sites for hydroxylation is 1. The van der Waals surface area contributed by atoms with Gasteiger partial charge in [-0.1, -0.05) is 6.92 Å². The van der Waals surface area contributed by atoms with Gasteiger partial charge >= 0.3 is 0 Å². The number of rotatable bonds is 1. The fraction of sp³-hybridized carbons (Fsp3) is 0.333.